The summed E-state index contributed by atoms with van der Waals surface area (Å²) in [6.07, 6.45) is 5.38. The summed E-state index contributed by atoms with van der Waals surface area (Å²) in [5.41, 5.74) is 5.49. The van der Waals surface area contributed by atoms with Gasteiger partial charge in [-0.25, -0.2) is 9.97 Å². The largest absolute Gasteiger partial charge is 0.339 e. The highest BCUT2D eigenvalue weighted by Gasteiger charge is 2.50. The van der Waals surface area contributed by atoms with Gasteiger partial charge in [-0.05, 0) is 18.9 Å². The first-order valence-electron chi connectivity index (χ1n) is 6.77. The third kappa shape index (κ3) is 2.28. The number of hydrogen-bond donors (Lipinski definition) is 1. The Morgan fingerprint density at radius 3 is 2.37 bits per heavy atom. The van der Waals surface area contributed by atoms with Crippen molar-refractivity contribution in [1.82, 2.24) is 14.9 Å². The van der Waals surface area contributed by atoms with Gasteiger partial charge in [0.2, 0.25) is 11.9 Å². The Balaban J connectivity index is 1.59. The van der Waals surface area contributed by atoms with E-state index < -0.39 is 0 Å². The molecule has 1 aliphatic carbocycles. The summed E-state index contributed by atoms with van der Waals surface area (Å²) in [5, 5.41) is 0. The van der Waals surface area contributed by atoms with Crippen molar-refractivity contribution in [3.05, 3.63) is 18.5 Å². The molecule has 0 bridgehead atoms. The molecule has 1 amide bonds. The number of nitrogens with zero attached hydrogens (tertiary/aromatic N) is 4. The van der Waals surface area contributed by atoms with Gasteiger partial charge >= 0.3 is 0 Å². The Bertz CT molecular complexity index is 451. The number of rotatable bonds is 3. The fourth-order valence-electron chi connectivity index (χ4n) is 2.56. The smallest absolute Gasteiger partial charge is 0.230 e. The Labute approximate surface area is 112 Å². The van der Waals surface area contributed by atoms with E-state index in [1.54, 1.807) is 18.5 Å². The molecule has 1 aliphatic heterocycles. The fourth-order valence-corrected chi connectivity index (χ4v) is 2.56. The van der Waals surface area contributed by atoms with Gasteiger partial charge in [0.05, 0.1) is 5.41 Å². The monoisotopic (exact) mass is 261 g/mol. The fraction of sp³-hybridized carbons (Fsp3) is 0.615. The number of hydrogen-bond acceptors (Lipinski definition) is 5. The van der Waals surface area contributed by atoms with Crippen LogP contribution in [0.3, 0.4) is 0 Å². The summed E-state index contributed by atoms with van der Waals surface area (Å²) >= 11 is 0. The van der Waals surface area contributed by atoms with E-state index in [4.69, 9.17) is 5.73 Å². The standard InChI is InChI=1S/C13H19N5O/c14-10-13(2-3-13)11(19)17-6-8-18(9-7-17)12-15-4-1-5-16-12/h1,4-5H,2-3,6-10,14H2. The number of amides is 1. The first-order valence-corrected chi connectivity index (χ1v) is 6.77. The molecule has 1 aromatic heterocycles. The highest BCUT2D eigenvalue weighted by Crippen LogP contribution is 2.46. The summed E-state index contributed by atoms with van der Waals surface area (Å²) in [6, 6.07) is 1.81. The Morgan fingerprint density at radius 1 is 1.21 bits per heavy atom. The molecule has 6 heteroatoms. The molecule has 3 rings (SSSR count). The van der Waals surface area contributed by atoms with Crippen LogP contribution < -0.4 is 10.6 Å². The third-order valence-electron chi connectivity index (χ3n) is 4.10. The third-order valence-corrected chi connectivity index (χ3v) is 4.10. The van der Waals surface area contributed by atoms with Crippen molar-refractivity contribution in [2.45, 2.75) is 12.8 Å². The highest BCUT2D eigenvalue weighted by atomic mass is 16.2. The lowest BCUT2D eigenvalue weighted by Gasteiger charge is -2.36. The van der Waals surface area contributed by atoms with E-state index >= 15 is 0 Å². The maximum absolute atomic E-state index is 12.4. The van der Waals surface area contributed by atoms with Crippen molar-refractivity contribution in [3.63, 3.8) is 0 Å². The van der Waals surface area contributed by atoms with Crippen molar-refractivity contribution in [1.29, 1.82) is 0 Å². The van der Waals surface area contributed by atoms with E-state index in [0.29, 0.717) is 6.54 Å². The van der Waals surface area contributed by atoms with E-state index in [2.05, 4.69) is 14.9 Å². The molecule has 0 atom stereocenters. The Morgan fingerprint density at radius 2 is 1.84 bits per heavy atom. The minimum absolute atomic E-state index is 0.231. The molecule has 1 saturated carbocycles. The molecule has 0 radical (unpaired) electrons. The summed E-state index contributed by atoms with van der Waals surface area (Å²) in [6.45, 7) is 3.53. The molecular weight excluding hydrogens is 242 g/mol. The lowest BCUT2D eigenvalue weighted by Crippen LogP contribution is -2.52. The van der Waals surface area contributed by atoms with Gasteiger partial charge in [-0.2, -0.15) is 0 Å². The molecule has 2 aliphatic rings. The molecule has 19 heavy (non-hydrogen) atoms. The van der Waals surface area contributed by atoms with Gasteiger partial charge in [0.1, 0.15) is 0 Å². The van der Waals surface area contributed by atoms with Crippen molar-refractivity contribution >= 4 is 11.9 Å². The molecule has 102 valence electrons. The number of carbonyl (C=O) groups is 1. The van der Waals surface area contributed by atoms with Gasteiger partial charge in [0, 0.05) is 45.1 Å². The Hall–Kier alpha value is -1.69. The summed E-state index contributed by atoms with van der Waals surface area (Å²) in [4.78, 5) is 24.9. The van der Waals surface area contributed by atoms with Gasteiger partial charge in [0.25, 0.3) is 0 Å². The molecule has 0 unspecified atom stereocenters. The van der Waals surface area contributed by atoms with Crippen LogP contribution in [0.2, 0.25) is 0 Å². The molecule has 0 aromatic carbocycles. The van der Waals surface area contributed by atoms with Crippen molar-refractivity contribution in [2.24, 2.45) is 11.1 Å². The maximum Gasteiger partial charge on any atom is 0.230 e. The van der Waals surface area contributed by atoms with Crippen LogP contribution in [0.15, 0.2) is 18.5 Å². The van der Waals surface area contributed by atoms with Crippen molar-refractivity contribution in [3.8, 4) is 0 Å². The SMILES string of the molecule is NCC1(C(=O)N2CCN(c3ncccn3)CC2)CC1. The predicted octanol–water partition coefficient (Wildman–Crippen LogP) is -0.136. The van der Waals surface area contributed by atoms with Gasteiger partial charge < -0.3 is 15.5 Å². The van der Waals surface area contributed by atoms with E-state index in [0.717, 1.165) is 45.0 Å². The number of carbonyl (C=O) groups excluding carboxylic acids is 1. The van der Waals surface area contributed by atoms with E-state index in [-0.39, 0.29) is 11.3 Å². The number of aromatic nitrogens is 2. The van der Waals surface area contributed by atoms with Crippen LogP contribution in [0.25, 0.3) is 0 Å². The van der Waals surface area contributed by atoms with Crippen LogP contribution in [0.1, 0.15) is 12.8 Å². The molecule has 2 fully saturated rings. The van der Waals surface area contributed by atoms with E-state index in [1.807, 2.05) is 4.90 Å². The van der Waals surface area contributed by atoms with E-state index in [9.17, 15) is 4.79 Å². The quantitative estimate of drug-likeness (QED) is 0.820. The van der Waals surface area contributed by atoms with E-state index in [1.165, 1.54) is 0 Å². The van der Waals surface area contributed by atoms with Crippen molar-refractivity contribution in [2.75, 3.05) is 37.6 Å². The van der Waals surface area contributed by atoms with Gasteiger partial charge in [-0.3, -0.25) is 4.79 Å². The number of nitrogens with two attached hydrogens (primary N) is 1. The van der Waals surface area contributed by atoms with Crippen molar-refractivity contribution < 1.29 is 4.79 Å². The Kier molecular flexibility index (Phi) is 3.10. The van der Waals surface area contributed by atoms with Gasteiger partial charge in [-0.1, -0.05) is 0 Å². The zero-order valence-corrected chi connectivity index (χ0v) is 11.0. The molecule has 1 saturated heterocycles. The first-order chi connectivity index (χ1) is 9.25. The first kappa shape index (κ1) is 12.3. The lowest BCUT2D eigenvalue weighted by atomic mass is 10.1. The lowest BCUT2D eigenvalue weighted by molar-refractivity contribution is -0.136. The van der Waals surface area contributed by atoms with Gasteiger partial charge in [0.15, 0.2) is 0 Å². The molecule has 2 heterocycles. The second-order valence-electron chi connectivity index (χ2n) is 5.31. The van der Waals surface area contributed by atoms with Crippen LogP contribution >= 0.6 is 0 Å². The van der Waals surface area contributed by atoms with Crippen LogP contribution in [-0.4, -0.2) is 53.5 Å². The van der Waals surface area contributed by atoms with Crippen LogP contribution in [-0.2, 0) is 4.79 Å². The van der Waals surface area contributed by atoms with Crippen LogP contribution in [0.4, 0.5) is 5.95 Å². The molecule has 1 aromatic rings. The average molecular weight is 261 g/mol. The normalized spacial score (nSPS) is 21.3. The van der Waals surface area contributed by atoms with Gasteiger partial charge in [-0.15, -0.1) is 0 Å². The molecule has 2 N–H and O–H groups in total. The molecular formula is C13H19N5O. The average Bonchev–Trinajstić information content (AvgIpc) is 3.29. The summed E-state index contributed by atoms with van der Waals surface area (Å²) in [5.74, 6) is 0.984. The number of piperazine rings is 1. The minimum atomic E-state index is -0.231. The second kappa shape index (κ2) is 4.77. The van der Waals surface area contributed by atoms with Crippen LogP contribution in [0, 0.1) is 5.41 Å². The van der Waals surface area contributed by atoms with Crippen LogP contribution in [0.5, 0.6) is 0 Å². The zero-order valence-electron chi connectivity index (χ0n) is 11.0. The summed E-state index contributed by atoms with van der Waals surface area (Å²) in [7, 11) is 0. The molecule has 0 spiro atoms. The molecule has 6 nitrogen and oxygen atoms in total. The number of anilines is 1. The minimum Gasteiger partial charge on any atom is -0.339 e. The summed E-state index contributed by atoms with van der Waals surface area (Å²) < 4.78 is 0. The highest BCUT2D eigenvalue weighted by molar-refractivity contribution is 5.85. The predicted molar refractivity (Wildman–Crippen MR) is 71.5 cm³/mol. The maximum atomic E-state index is 12.4. The second-order valence-corrected chi connectivity index (χ2v) is 5.31. The topological polar surface area (TPSA) is 75.4 Å². The zero-order chi connectivity index (χ0) is 13.3.